The molecule has 1 saturated heterocycles. The molecule has 0 unspecified atom stereocenters. The summed E-state index contributed by atoms with van der Waals surface area (Å²) < 4.78 is 5.82. The second-order valence-electron chi connectivity index (χ2n) is 5.63. The Bertz CT molecular complexity index is 736. The molecule has 2 aromatic heterocycles. The van der Waals surface area contributed by atoms with Crippen LogP contribution in [0.5, 0.6) is 0 Å². The van der Waals surface area contributed by atoms with Crippen LogP contribution in [0.1, 0.15) is 23.7 Å². The summed E-state index contributed by atoms with van der Waals surface area (Å²) in [6.45, 7) is 0.630. The number of pyridine rings is 2. The third-order valence-corrected chi connectivity index (χ3v) is 4.29. The lowest BCUT2D eigenvalue weighted by atomic mass is 10.0. The first-order valence-electron chi connectivity index (χ1n) is 7.73. The molecule has 1 aliphatic heterocycles. The summed E-state index contributed by atoms with van der Waals surface area (Å²) in [5.74, 6) is -0.0766. The van der Waals surface area contributed by atoms with Crippen molar-refractivity contribution in [2.75, 3.05) is 13.7 Å². The van der Waals surface area contributed by atoms with Crippen LogP contribution in [-0.4, -0.2) is 40.5 Å². The van der Waals surface area contributed by atoms with Gasteiger partial charge in [-0.2, -0.15) is 0 Å². The van der Waals surface area contributed by atoms with Crippen LogP contribution in [0.15, 0.2) is 48.9 Å². The molecule has 0 bridgehead atoms. The van der Waals surface area contributed by atoms with E-state index in [0.717, 1.165) is 17.5 Å². The van der Waals surface area contributed by atoms with Crippen molar-refractivity contribution >= 4 is 23.6 Å². The standard InChI is InChI=1S/C18H18ClN3O2/c1-22(17(23)5-4-13-6-9-21-16(19)11-13)15-7-10-24-18(15)14-3-2-8-20-12-14/h2-6,8-9,11-12,15,18H,7,10H2,1H3/b5-4+/t15-,18+/m0/s1. The van der Waals surface area contributed by atoms with Crippen LogP contribution in [0.4, 0.5) is 0 Å². The van der Waals surface area contributed by atoms with E-state index in [0.29, 0.717) is 11.8 Å². The van der Waals surface area contributed by atoms with Crippen LogP contribution in [-0.2, 0) is 9.53 Å². The van der Waals surface area contributed by atoms with Gasteiger partial charge in [-0.15, -0.1) is 0 Å². The van der Waals surface area contributed by atoms with Gasteiger partial charge >= 0.3 is 0 Å². The molecule has 2 aromatic rings. The number of aromatic nitrogens is 2. The summed E-state index contributed by atoms with van der Waals surface area (Å²) in [6, 6.07) is 7.36. The fourth-order valence-corrected chi connectivity index (χ4v) is 2.99. The number of amides is 1. The molecule has 124 valence electrons. The zero-order valence-electron chi connectivity index (χ0n) is 13.3. The van der Waals surface area contributed by atoms with E-state index >= 15 is 0 Å². The number of ether oxygens (including phenoxy) is 1. The van der Waals surface area contributed by atoms with Crippen molar-refractivity contribution in [3.63, 3.8) is 0 Å². The van der Waals surface area contributed by atoms with E-state index in [4.69, 9.17) is 16.3 Å². The Labute approximate surface area is 145 Å². The van der Waals surface area contributed by atoms with Gasteiger partial charge in [0.25, 0.3) is 0 Å². The van der Waals surface area contributed by atoms with Gasteiger partial charge in [0.2, 0.25) is 5.91 Å². The highest BCUT2D eigenvalue weighted by Gasteiger charge is 2.34. The first-order valence-corrected chi connectivity index (χ1v) is 8.11. The summed E-state index contributed by atoms with van der Waals surface area (Å²) in [7, 11) is 1.80. The van der Waals surface area contributed by atoms with Crippen molar-refractivity contribution in [1.82, 2.24) is 14.9 Å². The van der Waals surface area contributed by atoms with Gasteiger partial charge in [-0.05, 0) is 36.3 Å². The van der Waals surface area contributed by atoms with Gasteiger partial charge in [0.15, 0.2) is 0 Å². The molecular weight excluding hydrogens is 326 g/mol. The molecule has 0 spiro atoms. The Morgan fingerprint density at radius 3 is 3.04 bits per heavy atom. The SMILES string of the molecule is CN(C(=O)/C=C/c1ccnc(Cl)c1)[C@H]1CCO[C@@H]1c1cccnc1. The average Bonchev–Trinajstić information content (AvgIpc) is 3.09. The summed E-state index contributed by atoms with van der Waals surface area (Å²) >= 11 is 5.85. The maximum Gasteiger partial charge on any atom is 0.246 e. The van der Waals surface area contributed by atoms with Crippen molar-refractivity contribution in [3.8, 4) is 0 Å². The predicted molar refractivity (Wildman–Crippen MR) is 92.4 cm³/mol. The number of likely N-dealkylation sites (N-methyl/N-ethyl adjacent to an activating group) is 1. The van der Waals surface area contributed by atoms with Crippen LogP contribution < -0.4 is 0 Å². The monoisotopic (exact) mass is 343 g/mol. The minimum Gasteiger partial charge on any atom is -0.371 e. The maximum atomic E-state index is 12.5. The number of rotatable bonds is 4. The van der Waals surface area contributed by atoms with Gasteiger partial charge in [-0.25, -0.2) is 4.98 Å². The topological polar surface area (TPSA) is 55.3 Å². The van der Waals surface area contributed by atoms with Crippen molar-refractivity contribution in [3.05, 3.63) is 65.2 Å². The van der Waals surface area contributed by atoms with Crippen molar-refractivity contribution in [1.29, 1.82) is 0 Å². The second kappa shape index (κ2) is 7.55. The van der Waals surface area contributed by atoms with E-state index in [9.17, 15) is 4.79 Å². The summed E-state index contributed by atoms with van der Waals surface area (Å²) in [5.41, 5.74) is 1.83. The van der Waals surface area contributed by atoms with Crippen LogP contribution >= 0.6 is 11.6 Å². The third kappa shape index (κ3) is 3.80. The fraction of sp³-hybridized carbons (Fsp3) is 0.278. The number of halogens is 1. The maximum absolute atomic E-state index is 12.5. The van der Waals surface area contributed by atoms with Gasteiger partial charge in [-0.1, -0.05) is 17.7 Å². The van der Waals surface area contributed by atoms with Gasteiger partial charge in [-0.3, -0.25) is 9.78 Å². The Hall–Kier alpha value is -2.24. The molecule has 6 heteroatoms. The number of hydrogen-bond acceptors (Lipinski definition) is 4. The molecule has 0 saturated carbocycles. The largest absolute Gasteiger partial charge is 0.371 e. The van der Waals surface area contributed by atoms with Crippen LogP contribution in [0.25, 0.3) is 6.08 Å². The molecule has 1 aliphatic rings. The molecule has 0 aromatic carbocycles. The van der Waals surface area contributed by atoms with Crippen LogP contribution in [0, 0.1) is 0 Å². The molecule has 3 heterocycles. The quantitative estimate of drug-likeness (QED) is 0.632. The summed E-state index contributed by atoms with van der Waals surface area (Å²) in [4.78, 5) is 22.3. The highest BCUT2D eigenvalue weighted by molar-refractivity contribution is 6.29. The minimum absolute atomic E-state index is 0.00706. The first kappa shape index (κ1) is 16.6. The lowest BCUT2D eigenvalue weighted by molar-refractivity contribution is -0.127. The van der Waals surface area contributed by atoms with Gasteiger partial charge < -0.3 is 9.64 Å². The molecule has 5 nitrogen and oxygen atoms in total. The third-order valence-electron chi connectivity index (χ3n) is 4.09. The fourth-order valence-electron chi connectivity index (χ4n) is 2.81. The Morgan fingerprint density at radius 2 is 2.29 bits per heavy atom. The van der Waals surface area contributed by atoms with Gasteiger partial charge in [0.05, 0.1) is 6.04 Å². The van der Waals surface area contributed by atoms with Crippen molar-refractivity contribution < 1.29 is 9.53 Å². The van der Waals surface area contributed by atoms with E-state index in [2.05, 4.69) is 9.97 Å². The lowest BCUT2D eigenvalue weighted by Crippen LogP contribution is -2.37. The molecule has 1 fully saturated rings. The van der Waals surface area contributed by atoms with Crippen molar-refractivity contribution in [2.45, 2.75) is 18.6 Å². The summed E-state index contributed by atoms with van der Waals surface area (Å²) in [5, 5.41) is 0.402. The van der Waals surface area contributed by atoms with E-state index in [-0.39, 0.29) is 18.1 Å². The Morgan fingerprint density at radius 1 is 1.42 bits per heavy atom. The molecule has 24 heavy (non-hydrogen) atoms. The van der Waals surface area contributed by atoms with E-state index in [1.54, 1.807) is 54.8 Å². The highest BCUT2D eigenvalue weighted by atomic mass is 35.5. The van der Waals surface area contributed by atoms with Crippen LogP contribution in [0.2, 0.25) is 5.15 Å². The number of nitrogens with zero attached hydrogens (tertiary/aromatic N) is 3. The predicted octanol–water partition coefficient (Wildman–Crippen LogP) is 3.13. The summed E-state index contributed by atoms with van der Waals surface area (Å²) in [6.07, 6.45) is 9.07. The Balaban J connectivity index is 1.70. The highest BCUT2D eigenvalue weighted by Crippen LogP contribution is 2.32. The molecule has 3 rings (SSSR count). The second-order valence-corrected chi connectivity index (χ2v) is 6.02. The van der Waals surface area contributed by atoms with Gasteiger partial charge in [0.1, 0.15) is 11.3 Å². The zero-order valence-corrected chi connectivity index (χ0v) is 14.1. The molecule has 0 N–H and O–H groups in total. The smallest absolute Gasteiger partial charge is 0.246 e. The van der Waals surface area contributed by atoms with Crippen molar-refractivity contribution in [2.24, 2.45) is 0 Å². The van der Waals surface area contributed by atoms with E-state index in [1.807, 2.05) is 12.1 Å². The molecule has 1 amide bonds. The number of carbonyl (C=O) groups excluding carboxylic acids is 1. The molecule has 2 atom stereocenters. The van der Waals surface area contributed by atoms with Crippen LogP contribution in [0.3, 0.4) is 0 Å². The number of hydrogen-bond donors (Lipinski definition) is 0. The normalized spacial score (nSPS) is 20.4. The Kier molecular flexibility index (Phi) is 5.23. The number of carbonyl (C=O) groups is 1. The molecular formula is C18H18ClN3O2. The molecule has 0 aliphatic carbocycles. The zero-order chi connectivity index (χ0) is 16.9. The average molecular weight is 344 g/mol. The minimum atomic E-state index is -0.142. The van der Waals surface area contributed by atoms with E-state index < -0.39 is 0 Å². The first-order chi connectivity index (χ1) is 11.6. The molecule has 0 radical (unpaired) electrons. The van der Waals surface area contributed by atoms with Gasteiger partial charge in [0, 0.05) is 43.9 Å². The lowest BCUT2D eigenvalue weighted by Gasteiger charge is -2.27. The van der Waals surface area contributed by atoms with E-state index in [1.165, 1.54) is 0 Å².